The highest BCUT2D eigenvalue weighted by Crippen LogP contribution is 2.37. The number of alkyl halides is 3. The molecule has 3 aromatic rings. The second-order valence-electron chi connectivity index (χ2n) is 11.8. The van der Waals surface area contributed by atoms with Gasteiger partial charge in [0.2, 0.25) is 5.91 Å². The third-order valence-corrected chi connectivity index (χ3v) is 10.7. The van der Waals surface area contributed by atoms with E-state index in [2.05, 4.69) is 36.1 Å². The lowest BCUT2D eigenvalue weighted by molar-refractivity contribution is -0.137. The highest BCUT2D eigenvalue weighted by Gasteiger charge is 2.44. The van der Waals surface area contributed by atoms with Crippen molar-refractivity contribution in [1.82, 2.24) is 14.8 Å². The summed E-state index contributed by atoms with van der Waals surface area (Å²) in [5.74, 6) is -0.391. The number of amides is 1. The van der Waals surface area contributed by atoms with E-state index in [9.17, 15) is 26.4 Å². The molecule has 0 spiro atoms. The summed E-state index contributed by atoms with van der Waals surface area (Å²) in [6, 6.07) is 13.2. The summed E-state index contributed by atoms with van der Waals surface area (Å²) in [7, 11) is -1.50. The van der Waals surface area contributed by atoms with Gasteiger partial charge in [-0.3, -0.25) is 9.78 Å². The van der Waals surface area contributed by atoms with Crippen molar-refractivity contribution in [2.24, 2.45) is 5.92 Å². The normalized spacial score (nSPS) is 23.7. The minimum atomic E-state index is -4.48. The van der Waals surface area contributed by atoms with Gasteiger partial charge in [-0.15, -0.1) is 0 Å². The number of sulfone groups is 1. The third-order valence-electron chi connectivity index (χ3n) is 8.88. The summed E-state index contributed by atoms with van der Waals surface area (Å²) in [6.45, 7) is 4.72. The van der Waals surface area contributed by atoms with Gasteiger partial charge < -0.3 is 15.1 Å². The molecule has 0 unspecified atom stereocenters. The van der Waals surface area contributed by atoms with Crippen LogP contribution in [0.15, 0.2) is 65.7 Å². The third kappa shape index (κ3) is 6.27. The Morgan fingerprint density at radius 3 is 2.50 bits per heavy atom. The number of benzene rings is 2. The predicted molar refractivity (Wildman–Crippen MR) is 157 cm³/mol. The highest BCUT2D eigenvalue weighted by atomic mass is 32.2. The molecule has 1 N–H and O–H groups in total. The number of hydrogen-bond donors (Lipinski definition) is 1. The van der Waals surface area contributed by atoms with Gasteiger partial charge in [0, 0.05) is 41.9 Å². The van der Waals surface area contributed by atoms with Crippen LogP contribution in [-0.4, -0.2) is 72.6 Å². The molecule has 0 radical (unpaired) electrons. The Hall–Kier alpha value is -3.18. The fourth-order valence-electron chi connectivity index (χ4n) is 6.41. The molecule has 42 heavy (non-hydrogen) atoms. The number of rotatable bonds is 8. The summed E-state index contributed by atoms with van der Waals surface area (Å²) < 4.78 is 66.6. The van der Waals surface area contributed by atoms with Gasteiger partial charge in [-0.25, -0.2) is 8.42 Å². The van der Waals surface area contributed by atoms with E-state index in [4.69, 9.17) is 0 Å². The van der Waals surface area contributed by atoms with Crippen molar-refractivity contribution in [1.29, 1.82) is 0 Å². The van der Waals surface area contributed by atoms with Crippen molar-refractivity contribution < 1.29 is 26.4 Å². The Morgan fingerprint density at radius 1 is 1.07 bits per heavy atom. The van der Waals surface area contributed by atoms with Gasteiger partial charge in [0.05, 0.1) is 21.7 Å². The highest BCUT2D eigenvalue weighted by molar-refractivity contribution is 7.91. The van der Waals surface area contributed by atoms with E-state index in [1.807, 2.05) is 4.90 Å². The average molecular weight is 603 g/mol. The number of nitrogens with one attached hydrogen (secondary N) is 1. The molecule has 2 heterocycles. The molecule has 1 aliphatic carbocycles. The van der Waals surface area contributed by atoms with Crippen molar-refractivity contribution in [2.45, 2.75) is 74.8 Å². The van der Waals surface area contributed by atoms with Crippen LogP contribution in [0.4, 0.5) is 18.9 Å². The molecule has 1 saturated heterocycles. The monoisotopic (exact) mass is 602 g/mol. The van der Waals surface area contributed by atoms with Crippen LogP contribution in [0, 0.1) is 5.92 Å². The summed E-state index contributed by atoms with van der Waals surface area (Å²) in [6.07, 6.45) is -0.308. The van der Waals surface area contributed by atoms with Gasteiger partial charge in [-0.2, -0.15) is 13.2 Å². The smallest absolute Gasteiger partial charge is 0.373 e. The largest absolute Gasteiger partial charge is 0.416 e. The lowest BCUT2D eigenvalue weighted by atomic mass is 9.81. The first kappa shape index (κ1) is 30.3. The first-order valence-electron chi connectivity index (χ1n) is 14.4. The van der Waals surface area contributed by atoms with E-state index in [1.165, 1.54) is 12.3 Å². The summed E-state index contributed by atoms with van der Waals surface area (Å²) in [4.78, 5) is 22.3. The molecule has 226 valence electrons. The summed E-state index contributed by atoms with van der Waals surface area (Å²) in [5.41, 5.74) is -0.0479. The maximum atomic E-state index is 13.8. The van der Waals surface area contributed by atoms with Crippen LogP contribution in [0.1, 0.15) is 45.1 Å². The van der Waals surface area contributed by atoms with Crippen LogP contribution in [0.2, 0.25) is 0 Å². The second-order valence-corrected chi connectivity index (χ2v) is 13.8. The molecular weight excluding hydrogens is 565 g/mol. The molecule has 1 aliphatic heterocycles. The lowest BCUT2D eigenvalue weighted by Crippen LogP contribution is -2.52. The number of likely N-dealkylation sites (tertiary alicyclic amines) is 1. The van der Waals surface area contributed by atoms with E-state index in [-0.39, 0.29) is 40.1 Å². The first-order valence-corrected chi connectivity index (χ1v) is 16.0. The number of nitrogens with zero attached hydrogens (tertiary/aromatic N) is 3. The maximum absolute atomic E-state index is 13.8. The van der Waals surface area contributed by atoms with E-state index in [1.54, 1.807) is 36.4 Å². The van der Waals surface area contributed by atoms with Crippen molar-refractivity contribution in [3.05, 3.63) is 66.4 Å². The van der Waals surface area contributed by atoms with Crippen LogP contribution in [0.25, 0.3) is 10.9 Å². The molecule has 4 atom stereocenters. The zero-order valence-corrected chi connectivity index (χ0v) is 24.8. The van der Waals surface area contributed by atoms with Crippen molar-refractivity contribution in [3.63, 3.8) is 0 Å². The summed E-state index contributed by atoms with van der Waals surface area (Å²) >= 11 is 0. The van der Waals surface area contributed by atoms with Gasteiger partial charge >= 0.3 is 6.18 Å². The minimum Gasteiger partial charge on any atom is -0.373 e. The van der Waals surface area contributed by atoms with Crippen LogP contribution in [-0.2, 0) is 20.8 Å². The van der Waals surface area contributed by atoms with E-state index >= 15 is 0 Å². The Kier molecular flexibility index (Phi) is 8.53. The van der Waals surface area contributed by atoms with Gasteiger partial charge in [0.1, 0.15) is 6.04 Å². The molecule has 2 aliphatic rings. The standard InChI is InChI=1S/C31H37F3N4O3S/c1-20(2)37(3)23-10-12-29(21(17-23)19-42(40,41)24-7-5-4-6-8-24)38-16-14-27(30(38)39)36-26-13-15-35-28-18-22(31(32,33)34)9-11-25(26)28/h4-9,11,13,15,18,20-21,23,27,29H,10,12,14,16-17,19H2,1-3H3,(H,35,36)/t21-,23+,27-,29-/m0/s1. The van der Waals surface area contributed by atoms with Crippen molar-refractivity contribution >= 4 is 32.3 Å². The Bertz CT molecular complexity index is 1530. The number of fused-ring (bicyclic) bond motifs is 1. The number of pyridine rings is 1. The Morgan fingerprint density at radius 2 is 1.81 bits per heavy atom. The van der Waals surface area contributed by atoms with Gasteiger partial charge in [0.15, 0.2) is 9.84 Å². The summed E-state index contributed by atoms with van der Waals surface area (Å²) in [5, 5.41) is 3.75. The van der Waals surface area contributed by atoms with Gasteiger partial charge in [-0.05, 0) is 82.8 Å². The minimum absolute atomic E-state index is 0.0392. The lowest BCUT2D eigenvalue weighted by Gasteiger charge is -2.44. The zero-order chi connectivity index (χ0) is 30.2. The molecule has 2 aromatic carbocycles. The van der Waals surface area contributed by atoms with Crippen molar-refractivity contribution in [2.75, 3.05) is 24.7 Å². The molecule has 0 bridgehead atoms. The van der Waals surface area contributed by atoms with E-state index < -0.39 is 27.6 Å². The van der Waals surface area contributed by atoms with Crippen LogP contribution >= 0.6 is 0 Å². The first-order chi connectivity index (χ1) is 19.8. The molecular formula is C31H37F3N4O3S. The molecule has 7 nitrogen and oxygen atoms in total. The van der Waals surface area contributed by atoms with E-state index in [0.717, 1.165) is 18.6 Å². The molecule has 5 rings (SSSR count). The van der Waals surface area contributed by atoms with E-state index in [0.29, 0.717) is 42.9 Å². The molecule has 11 heteroatoms. The average Bonchev–Trinajstić information content (AvgIpc) is 3.31. The Labute approximate surface area is 245 Å². The fraction of sp³-hybridized carbons (Fsp3) is 0.484. The molecule has 2 fully saturated rings. The molecule has 1 aromatic heterocycles. The number of halogens is 3. The van der Waals surface area contributed by atoms with Crippen molar-refractivity contribution in [3.8, 4) is 0 Å². The predicted octanol–water partition coefficient (Wildman–Crippen LogP) is 5.62. The van der Waals surface area contributed by atoms with Crippen LogP contribution in [0.3, 0.4) is 0 Å². The SMILES string of the molecule is CC(C)N(C)[C@@H]1CC[C@H](N2CC[C@H](Nc3ccnc4cc(C(F)(F)F)ccc34)C2=O)[C@H](CS(=O)(=O)c2ccccc2)C1. The topological polar surface area (TPSA) is 82.6 Å². The number of anilines is 1. The number of aromatic nitrogens is 1. The van der Waals surface area contributed by atoms with Crippen LogP contribution in [0.5, 0.6) is 0 Å². The maximum Gasteiger partial charge on any atom is 0.416 e. The Balaban J connectivity index is 1.37. The molecule has 1 amide bonds. The number of carbonyl (C=O) groups is 1. The quantitative estimate of drug-likeness (QED) is 0.361. The fourth-order valence-corrected chi connectivity index (χ4v) is 8.10. The van der Waals surface area contributed by atoms with Gasteiger partial charge in [0.25, 0.3) is 0 Å². The van der Waals surface area contributed by atoms with Gasteiger partial charge in [-0.1, -0.05) is 24.3 Å². The number of carbonyl (C=O) groups excluding carboxylic acids is 1. The zero-order valence-electron chi connectivity index (χ0n) is 24.0. The van der Waals surface area contributed by atoms with Crippen LogP contribution < -0.4 is 5.32 Å². The molecule has 1 saturated carbocycles. The second kappa shape index (κ2) is 11.8. The number of hydrogen-bond acceptors (Lipinski definition) is 6.